The summed E-state index contributed by atoms with van der Waals surface area (Å²) in [4.78, 5) is 0. The SMILES string of the molecule is CC(C)[C@H](N)C(O)(c1ccc2ccccc2c1)c1ccc2ccccc2c1. The lowest BCUT2D eigenvalue weighted by molar-refractivity contribution is 0.0356. The quantitative estimate of drug-likeness (QED) is 0.528. The number of hydrogen-bond donors (Lipinski definition) is 2. The fourth-order valence-electron chi connectivity index (χ4n) is 3.89. The second-order valence-electron chi connectivity index (χ2n) is 7.66. The minimum absolute atomic E-state index is 0.118. The minimum Gasteiger partial charge on any atom is -0.379 e. The van der Waals surface area contributed by atoms with Gasteiger partial charge in [0.1, 0.15) is 5.60 Å². The maximum Gasteiger partial charge on any atom is 0.130 e. The fourth-order valence-corrected chi connectivity index (χ4v) is 3.89. The van der Waals surface area contributed by atoms with Gasteiger partial charge in [0.05, 0.1) is 0 Å². The Morgan fingerprint density at radius 3 is 1.48 bits per heavy atom. The standard InChI is InChI=1S/C25H25NO/c1-17(2)24(26)25(27,22-13-11-18-7-3-5-9-20(18)15-22)23-14-12-19-8-4-6-10-21(19)16-23/h3-17,24,27H,26H2,1-2H3/t24-/m0/s1. The third-order valence-electron chi connectivity index (χ3n) is 5.58. The Morgan fingerprint density at radius 1 is 0.667 bits per heavy atom. The predicted molar refractivity (Wildman–Crippen MR) is 114 cm³/mol. The number of rotatable bonds is 4. The average molecular weight is 355 g/mol. The van der Waals surface area contributed by atoms with Crippen LogP contribution in [0.4, 0.5) is 0 Å². The van der Waals surface area contributed by atoms with Gasteiger partial charge >= 0.3 is 0 Å². The van der Waals surface area contributed by atoms with Gasteiger partial charge in [-0.25, -0.2) is 0 Å². The van der Waals surface area contributed by atoms with Crippen LogP contribution in [0, 0.1) is 5.92 Å². The van der Waals surface area contributed by atoms with Crippen molar-refractivity contribution in [1.82, 2.24) is 0 Å². The molecule has 0 saturated carbocycles. The van der Waals surface area contributed by atoms with Crippen molar-refractivity contribution in [1.29, 1.82) is 0 Å². The summed E-state index contributed by atoms with van der Waals surface area (Å²) in [5.74, 6) is 0.118. The van der Waals surface area contributed by atoms with Crippen LogP contribution in [0.1, 0.15) is 25.0 Å². The Hall–Kier alpha value is -2.68. The van der Waals surface area contributed by atoms with Gasteiger partial charge in [-0.2, -0.15) is 0 Å². The van der Waals surface area contributed by atoms with Gasteiger partial charge in [-0.1, -0.05) is 86.6 Å². The van der Waals surface area contributed by atoms with E-state index in [0.717, 1.165) is 32.7 Å². The van der Waals surface area contributed by atoms with E-state index in [9.17, 15) is 5.11 Å². The van der Waals surface area contributed by atoms with Crippen molar-refractivity contribution in [3.63, 3.8) is 0 Å². The predicted octanol–water partition coefficient (Wildman–Crippen LogP) is 5.21. The smallest absolute Gasteiger partial charge is 0.130 e. The summed E-state index contributed by atoms with van der Waals surface area (Å²) in [6, 6.07) is 28.2. The lowest BCUT2D eigenvalue weighted by Crippen LogP contribution is -2.49. The highest BCUT2D eigenvalue weighted by Crippen LogP contribution is 2.37. The minimum atomic E-state index is -1.26. The highest BCUT2D eigenvalue weighted by Gasteiger charge is 2.40. The van der Waals surface area contributed by atoms with E-state index in [1.54, 1.807) is 0 Å². The van der Waals surface area contributed by atoms with Gasteiger partial charge < -0.3 is 10.8 Å². The molecule has 4 rings (SSSR count). The Kier molecular flexibility index (Phi) is 4.47. The van der Waals surface area contributed by atoms with Crippen LogP contribution in [0.15, 0.2) is 84.9 Å². The first-order chi connectivity index (χ1) is 13.0. The molecular formula is C25H25NO. The molecule has 2 heteroatoms. The maximum absolute atomic E-state index is 12.0. The van der Waals surface area contributed by atoms with Crippen molar-refractivity contribution in [3.8, 4) is 0 Å². The number of nitrogens with two attached hydrogens (primary N) is 1. The number of hydrogen-bond acceptors (Lipinski definition) is 2. The Morgan fingerprint density at radius 2 is 1.07 bits per heavy atom. The Labute approximate surface area is 160 Å². The van der Waals surface area contributed by atoms with Crippen LogP contribution in [-0.4, -0.2) is 11.1 Å². The molecule has 0 radical (unpaired) electrons. The zero-order chi connectivity index (χ0) is 19.0. The van der Waals surface area contributed by atoms with Gasteiger partial charge in [0.15, 0.2) is 0 Å². The first-order valence-electron chi connectivity index (χ1n) is 9.46. The molecule has 0 fully saturated rings. The molecule has 0 aliphatic carbocycles. The number of benzene rings is 4. The number of fused-ring (bicyclic) bond motifs is 2. The average Bonchev–Trinajstić information content (AvgIpc) is 2.71. The molecule has 4 aromatic carbocycles. The zero-order valence-electron chi connectivity index (χ0n) is 15.8. The molecule has 3 N–H and O–H groups in total. The van der Waals surface area contributed by atoms with E-state index in [4.69, 9.17) is 5.73 Å². The molecular weight excluding hydrogens is 330 g/mol. The largest absolute Gasteiger partial charge is 0.379 e. The molecule has 0 aliphatic rings. The molecule has 0 unspecified atom stereocenters. The van der Waals surface area contributed by atoms with Crippen LogP contribution in [-0.2, 0) is 5.60 Å². The van der Waals surface area contributed by atoms with Gasteiger partial charge in [-0.05, 0) is 50.7 Å². The summed E-state index contributed by atoms with van der Waals surface area (Å²) in [7, 11) is 0. The lowest BCUT2D eigenvalue weighted by Gasteiger charge is -2.37. The topological polar surface area (TPSA) is 46.2 Å². The van der Waals surface area contributed by atoms with Crippen molar-refractivity contribution in [2.75, 3.05) is 0 Å². The van der Waals surface area contributed by atoms with Crippen molar-refractivity contribution in [2.45, 2.75) is 25.5 Å². The molecule has 0 spiro atoms. The first-order valence-corrected chi connectivity index (χ1v) is 9.46. The Balaban J connectivity index is 1.95. The highest BCUT2D eigenvalue weighted by atomic mass is 16.3. The summed E-state index contributed by atoms with van der Waals surface area (Å²) in [6.45, 7) is 4.11. The van der Waals surface area contributed by atoms with E-state index in [1.165, 1.54) is 0 Å². The summed E-state index contributed by atoms with van der Waals surface area (Å²) in [5, 5.41) is 16.5. The molecule has 2 nitrogen and oxygen atoms in total. The van der Waals surface area contributed by atoms with Crippen molar-refractivity contribution in [3.05, 3.63) is 96.1 Å². The molecule has 0 aromatic heterocycles. The van der Waals surface area contributed by atoms with Crippen LogP contribution in [0.3, 0.4) is 0 Å². The van der Waals surface area contributed by atoms with Gasteiger partial charge in [0.2, 0.25) is 0 Å². The molecule has 0 amide bonds. The molecule has 0 saturated heterocycles. The van der Waals surface area contributed by atoms with E-state index in [-0.39, 0.29) is 5.92 Å². The number of aliphatic hydroxyl groups is 1. The van der Waals surface area contributed by atoms with Crippen LogP contribution in [0.25, 0.3) is 21.5 Å². The molecule has 0 bridgehead atoms. The van der Waals surface area contributed by atoms with E-state index >= 15 is 0 Å². The van der Waals surface area contributed by atoms with Crippen molar-refractivity contribution in [2.24, 2.45) is 11.7 Å². The third-order valence-corrected chi connectivity index (χ3v) is 5.58. The van der Waals surface area contributed by atoms with E-state index in [2.05, 4.69) is 62.4 Å². The summed E-state index contributed by atoms with van der Waals surface area (Å²) < 4.78 is 0. The van der Waals surface area contributed by atoms with Crippen LogP contribution in [0.5, 0.6) is 0 Å². The molecule has 136 valence electrons. The van der Waals surface area contributed by atoms with Crippen LogP contribution in [0.2, 0.25) is 0 Å². The van der Waals surface area contributed by atoms with Crippen molar-refractivity contribution >= 4 is 21.5 Å². The Bertz CT molecular complexity index is 1020. The monoisotopic (exact) mass is 355 g/mol. The fraction of sp³-hybridized carbons (Fsp3) is 0.200. The van der Waals surface area contributed by atoms with E-state index in [1.807, 2.05) is 36.4 Å². The second-order valence-corrected chi connectivity index (χ2v) is 7.66. The molecule has 4 aromatic rings. The molecule has 27 heavy (non-hydrogen) atoms. The molecule has 1 atom stereocenters. The van der Waals surface area contributed by atoms with Gasteiger partial charge in [0.25, 0.3) is 0 Å². The van der Waals surface area contributed by atoms with Crippen molar-refractivity contribution < 1.29 is 5.11 Å². The van der Waals surface area contributed by atoms with Crippen LogP contribution >= 0.6 is 0 Å². The summed E-state index contributed by atoms with van der Waals surface area (Å²) >= 11 is 0. The summed E-state index contributed by atoms with van der Waals surface area (Å²) in [6.07, 6.45) is 0. The molecule has 0 heterocycles. The summed E-state index contributed by atoms with van der Waals surface area (Å²) in [5.41, 5.74) is 7.00. The van der Waals surface area contributed by atoms with Crippen LogP contribution < -0.4 is 5.73 Å². The zero-order valence-corrected chi connectivity index (χ0v) is 15.8. The van der Waals surface area contributed by atoms with Gasteiger partial charge in [-0.3, -0.25) is 0 Å². The van der Waals surface area contributed by atoms with Gasteiger partial charge in [0, 0.05) is 6.04 Å². The van der Waals surface area contributed by atoms with E-state index < -0.39 is 11.6 Å². The second kappa shape index (κ2) is 6.80. The lowest BCUT2D eigenvalue weighted by atomic mass is 9.75. The first kappa shape index (κ1) is 17.7. The van der Waals surface area contributed by atoms with Gasteiger partial charge in [-0.15, -0.1) is 0 Å². The molecule has 0 aliphatic heterocycles. The van der Waals surface area contributed by atoms with E-state index in [0.29, 0.717) is 0 Å². The normalized spacial score (nSPS) is 13.4. The highest BCUT2D eigenvalue weighted by molar-refractivity contribution is 5.85. The third kappa shape index (κ3) is 3.01. The maximum atomic E-state index is 12.0.